The van der Waals surface area contributed by atoms with E-state index in [1.165, 1.54) is 0 Å². The molecule has 5 nitrogen and oxygen atoms in total. The van der Waals surface area contributed by atoms with Gasteiger partial charge in [-0.25, -0.2) is 14.3 Å². The van der Waals surface area contributed by atoms with Gasteiger partial charge in [0.25, 0.3) is 0 Å². The number of alkyl halides is 6. The molecule has 1 aromatic carbocycles. The van der Waals surface area contributed by atoms with Gasteiger partial charge in [0.2, 0.25) is 0 Å². The first kappa shape index (κ1) is 17.7. The average molecular weight is 375 g/mol. The van der Waals surface area contributed by atoms with Crippen LogP contribution in [0.4, 0.5) is 26.3 Å². The van der Waals surface area contributed by atoms with Gasteiger partial charge in [0.05, 0.1) is 17.5 Å². The monoisotopic (exact) mass is 375 g/mol. The molecule has 0 aliphatic rings. The number of fused-ring (bicyclic) bond motifs is 1. The molecular weight excluding hydrogens is 368 g/mol. The smallest absolute Gasteiger partial charge is 0.433 e. The van der Waals surface area contributed by atoms with E-state index in [1.54, 1.807) is 0 Å². The molecule has 0 aliphatic carbocycles. The SMILES string of the molecule is O=C(O)c1cnn2c(C(F)(F)F)cc(-c3ccc(C(F)(F)F)cc3)nc12. The predicted octanol–water partition coefficient (Wildman–Crippen LogP) is 4.13. The Hall–Kier alpha value is -3.11. The van der Waals surface area contributed by atoms with E-state index in [0.29, 0.717) is 22.7 Å². The number of benzene rings is 1. The number of rotatable bonds is 2. The first-order chi connectivity index (χ1) is 12.0. The summed E-state index contributed by atoms with van der Waals surface area (Å²) in [6.07, 6.45) is -8.77. The van der Waals surface area contributed by atoms with Gasteiger partial charge in [-0.1, -0.05) is 12.1 Å². The molecule has 136 valence electrons. The number of aromatic nitrogens is 3. The van der Waals surface area contributed by atoms with Crippen molar-refractivity contribution >= 4 is 11.6 Å². The first-order valence-electron chi connectivity index (χ1n) is 6.85. The Morgan fingerprint density at radius 1 is 1.00 bits per heavy atom. The van der Waals surface area contributed by atoms with Gasteiger partial charge >= 0.3 is 18.3 Å². The molecule has 2 aromatic heterocycles. The quantitative estimate of drug-likeness (QED) is 0.684. The molecule has 0 atom stereocenters. The van der Waals surface area contributed by atoms with Crippen molar-refractivity contribution < 1.29 is 36.2 Å². The Balaban J connectivity index is 2.23. The molecule has 0 aliphatic heterocycles. The zero-order chi connectivity index (χ0) is 19.3. The first-order valence-corrected chi connectivity index (χ1v) is 6.85. The summed E-state index contributed by atoms with van der Waals surface area (Å²) >= 11 is 0. The number of carboxylic acid groups (broad SMARTS) is 1. The van der Waals surface area contributed by atoms with Gasteiger partial charge in [0.1, 0.15) is 5.56 Å². The van der Waals surface area contributed by atoms with E-state index >= 15 is 0 Å². The normalized spacial score (nSPS) is 12.5. The highest BCUT2D eigenvalue weighted by Gasteiger charge is 2.36. The van der Waals surface area contributed by atoms with E-state index in [0.717, 1.165) is 18.3 Å². The van der Waals surface area contributed by atoms with E-state index in [-0.39, 0.29) is 11.3 Å². The van der Waals surface area contributed by atoms with Gasteiger partial charge in [-0.15, -0.1) is 0 Å². The fraction of sp³-hybridized carbons (Fsp3) is 0.133. The lowest BCUT2D eigenvalue weighted by atomic mass is 10.1. The fourth-order valence-corrected chi connectivity index (χ4v) is 2.29. The third kappa shape index (κ3) is 3.07. The summed E-state index contributed by atoms with van der Waals surface area (Å²) < 4.78 is 77.9. The van der Waals surface area contributed by atoms with Gasteiger partial charge in [-0.2, -0.15) is 31.4 Å². The van der Waals surface area contributed by atoms with Crippen molar-refractivity contribution in [2.45, 2.75) is 12.4 Å². The molecule has 0 unspecified atom stereocenters. The average Bonchev–Trinajstić information content (AvgIpc) is 2.96. The van der Waals surface area contributed by atoms with Gasteiger partial charge in [-0.05, 0) is 18.2 Å². The van der Waals surface area contributed by atoms with Crippen molar-refractivity contribution in [2.24, 2.45) is 0 Å². The minimum absolute atomic E-state index is 0.0384. The lowest BCUT2D eigenvalue weighted by Crippen LogP contribution is -2.14. The van der Waals surface area contributed by atoms with Crippen LogP contribution in [0, 0.1) is 0 Å². The molecule has 11 heteroatoms. The second-order valence-electron chi connectivity index (χ2n) is 5.20. The van der Waals surface area contributed by atoms with Gasteiger partial charge in [-0.3, -0.25) is 0 Å². The summed E-state index contributed by atoms with van der Waals surface area (Å²) in [7, 11) is 0. The molecule has 3 rings (SSSR count). The van der Waals surface area contributed by atoms with Crippen molar-refractivity contribution in [3.8, 4) is 11.3 Å². The van der Waals surface area contributed by atoms with E-state index in [4.69, 9.17) is 5.11 Å². The van der Waals surface area contributed by atoms with Crippen molar-refractivity contribution in [1.29, 1.82) is 0 Å². The van der Waals surface area contributed by atoms with Crippen molar-refractivity contribution in [3.05, 3.63) is 53.3 Å². The minimum Gasteiger partial charge on any atom is -0.477 e. The Kier molecular flexibility index (Phi) is 3.89. The molecule has 0 saturated heterocycles. The second kappa shape index (κ2) is 5.71. The van der Waals surface area contributed by atoms with Gasteiger partial charge in [0.15, 0.2) is 11.3 Å². The number of halogens is 6. The lowest BCUT2D eigenvalue weighted by Gasteiger charge is -2.12. The van der Waals surface area contributed by atoms with Gasteiger partial charge in [0, 0.05) is 5.56 Å². The van der Waals surface area contributed by atoms with E-state index in [1.807, 2.05) is 0 Å². The Morgan fingerprint density at radius 3 is 2.12 bits per heavy atom. The minimum atomic E-state index is -4.89. The summed E-state index contributed by atoms with van der Waals surface area (Å²) in [6.45, 7) is 0. The molecule has 0 radical (unpaired) electrons. The molecule has 0 amide bonds. The number of carbonyl (C=O) groups is 1. The molecule has 0 bridgehead atoms. The fourth-order valence-electron chi connectivity index (χ4n) is 2.29. The number of hydrogen-bond donors (Lipinski definition) is 1. The summed E-state index contributed by atoms with van der Waals surface area (Å²) in [6, 6.07) is 3.90. The third-order valence-corrected chi connectivity index (χ3v) is 3.50. The van der Waals surface area contributed by atoms with E-state index < -0.39 is 40.8 Å². The van der Waals surface area contributed by atoms with Crippen LogP contribution in [0.5, 0.6) is 0 Å². The van der Waals surface area contributed by atoms with Crippen LogP contribution in [0.2, 0.25) is 0 Å². The van der Waals surface area contributed by atoms with Crippen LogP contribution < -0.4 is 0 Å². The number of aromatic carboxylic acids is 1. The molecule has 0 fully saturated rings. The summed E-state index contributed by atoms with van der Waals surface area (Å²) in [4.78, 5) is 15.0. The van der Waals surface area contributed by atoms with Crippen molar-refractivity contribution in [1.82, 2.24) is 14.6 Å². The molecule has 3 aromatic rings. The molecule has 1 N–H and O–H groups in total. The zero-order valence-electron chi connectivity index (χ0n) is 12.4. The zero-order valence-corrected chi connectivity index (χ0v) is 12.4. The standard InChI is InChI=1S/C15H7F6N3O2/c16-14(17,18)8-3-1-7(2-4-8)10-5-11(15(19,20)21)24-12(23-10)9(6-22-24)13(25)26/h1-6H,(H,25,26). The van der Waals surface area contributed by atoms with Crippen molar-refractivity contribution in [2.75, 3.05) is 0 Å². The van der Waals surface area contributed by atoms with Crippen LogP contribution in [0.3, 0.4) is 0 Å². The molecule has 26 heavy (non-hydrogen) atoms. The molecule has 0 saturated carbocycles. The second-order valence-corrected chi connectivity index (χ2v) is 5.20. The Morgan fingerprint density at radius 2 is 1.62 bits per heavy atom. The molecular formula is C15H7F6N3O2. The predicted molar refractivity (Wildman–Crippen MR) is 75.4 cm³/mol. The van der Waals surface area contributed by atoms with E-state index in [2.05, 4.69) is 10.1 Å². The summed E-state index contributed by atoms with van der Waals surface area (Å²) in [5, 5.41) is 12.4. The maximum Gasteiger partial charge on any atom is 0.433 e. The number of hydrogen-bond acceptors (Lipinski definition) is 3. The van der Waals surface area contributed by atoms with Crippen LogP contribution in [0.25, 0.3) is 16.9 Å². The maximum absolute atomic E-state index is 13.3. The van der Waals surface area contributed by atoms with Crippen LogP contribution in [0.1, 0.15) is 21.6 Å². The number of carboxylic acids is 1. The van der Waals surface area contributed by atoms with Gasteiger partial charge < -0.3 is 5.11 Å². The largest absolute Gasteiger partial charge is 0.477 e. The highest BCUT2D eigenvalue weighted by Crippen LogP contribution is 2.34. The third-order valence-electron chi connectivity index (χ3n) is 3.50. The molecule has 0 spiro atoms. The van der Waals surface area contributed by atoms with Crippen LogP contribution >= 0.6 is 0 Å². The van der Waals surface area contributed by atoms with Crippen molar-refractivity contribution in [3.63, 3.8) is 0 Å². The summed E-state index contributed by atoms with van der Waals surface area (Å²) in [5.41, 5.74) is -3.78. The number of nitrogens with zero attached hydrogens (tertiary/aromatic N) is 3. The molecule has 2 heterocycles. The van der Waals surface area contributed by atoms with E-state index in [9.17, 15) is 31.1 Å². The summed E-state index contributed by atoms with van der Waals surface area (Å²) in [5.74, 6) is -1.54. The lowest BCUT2D eigenvalue weighted by molar-refractivity contribution is -0.142. The Labute approximate surface area is 140 Å². The Bertz CT molecular complexity index is 990. The van der Waals surface area contributed by atoms with Crippen LogP contribution in [-0.2, 0) is 12.4 Å². The topological polar surface area (TPSA) is 67.5 Å². The highest BCUT2D eigenvalue weighted by atomic mass is 19.4. The van der Waals surface area contributed by atoms with Crippen LogP contribution in [0.15, 0.2) is 36.5 Å². The maximum atomic E-state index is 13.3. The van der Waals surface area contributed by atoms with Crippen LogP contribution in [-0.4, -0.2) is 25.7 Å². The highest BCUT2D eigenvalue weighted by molar-refractivity contribution is 5.94.